The van der Waals surface area contributed by atoms with Crippen LogP contribution < -0.4 is 5.73 Å². The van der Waals surface area contributed by atoms with Gasteiger partial charge in [-0.1, -0.05) is 24.6 Å². The van der Waals surface area contributed by atoms with E-state index in [1.165, 1.54) is 29.5 Å². The summed E-state index contributed by atoms with van der Waals surface area (Å²) < 4.78 is 0. The highest BCUT2D eigenvalue weighted by Gasteiger charge is 2.27. The minimum absolute atomic E-state index is 0.0775. The van der Waals surface area contributed by atoms with Crippen LogP contribution in [0.5, 0.6) is 0 Å². The van der Waals surface area contributed by atoms with Gasteiger partial charge in [-0.2, -0.15) is 0 Å². The Balaban J connectivity index is 2.08. The van der Waals surface area contributed by atoms with Gasteiger partial charge in [0.2, 0.25) is 0 Å². The van der Waals surface area contributed by atoms with E-state index < -0.39 is 0 Å². The highest BCUT2D eigenvalue weighted by Crippen LogP contribution is 2.22. The highest BCUT2D eigenvalue weighted by molar-refractivity contribution is 5.29. The standard InChI is InChI=1S/C16H26N2O/c1-12-6-7-14(9-13(12)2)10-18-8-4-3-5-16(18)15(17)11-19/h6-7,9,15-16,19H,3-5,8,10-11,17H2,1-2H3. The number of aryl methyl sites for hydroxylation is 2. The first-order valence-corrected chi connectivity index (χ1v) is 7.28. The molecule has 3 heteroatoms. The Labute approximate surface area is 116 Å². The topological polar surface area (TPSA) is 49.5 Å². The minimum Gasteiger partial charge on any atom is -0.395 e. The number of aliphatic hydroxyl groups is 1. The first-order chi connectivity index (χ1) is 9.11. The highest BCUT2D eigenvalue weighted by atomic mass is 16.3. The zero-order valence-corrected chi connectivity index (χ0v) is 12.1. The van der Waals surface area contributed by atoms with Gasteiger partial charge in [0.25, 0.3) is 0 Å². The Morgan fingerprint density at radius 3 is 2.79 bits per heavy atom. The van der Waals surface area contributed by atoms with Crippen LogP contribution in [0.1, 0.15) is 36.0 Å². The number of aliphatic hydroxyl groups excluding tert-OH is 1. The number of nitrogens with two attached hydrogens (primary N) is 1. The summed E-state index contributed by atoms with van der Waals surface area (Å²) in [6.45, 7) is 6.41. The van der Waals surface area contributed by atoms with Crippen LogP contribution in [-0.2, 0) is 6.54 Å². The van der Waals surface area contributed by atoms with Gasteiger partial charge in [-0.05, 0) is 49.9 Å². The third-order valence-electron chi connectivity index (χ3n) is 4.33. The molecule has 3 nitrogen and oxygen atoms in total. The molecular formula is C16H26N2O. The predicted molar refractivity (Wildman–Crippen MR) is 79.0 cm³/mol. The molecule has 2 rings (SSSR count). The molecule has 0 amide bonds. The van der Waals surface area contributed by atoms with Gasteiger partial charge < -0.3 is 10.8 Å². The second-order valence-electron chi connectivity index (χ2n) is 5.80. The third kappa shape index (κ3) is 3.56. The molecule has 0 aliphatic carbocycles. The number of likely N-dealkylation sites (tertiary alicyclic amines) is 1. The van der Waals surface area contributed by atoms with Crippen molar-refractivity contribution in [1.29, 1.82) is 0 Å². The first-order valence-electron chi connectivity index (χ1n) is 7.28. The number of piperidine rings is 1. The van der Waals surface area contributed by atoms with Crippen molar-refractivity contribution >= 4 is 0 Å². The van der Waals surface area contributed by atoms with Gasteiger partial charge in [-0.15, -0.1) is 0 Å². The molecule has 1 aliphatic rings. The predicted octanol–water partition coefficient (Wildman–Crippen LogP) is 1.98. The Bertz CT molecular complexity index is 419. The van der Waals surface area contributed by atoms with Gasteiger partial charge in [0.15, 0.2) is 0 Å². The van der Waals surface area contributed by atoms with Crippen LogP contribution in [0.2, 0.25) is 0 Å². The summed E-state index contributed by atoms with van der Waals surface area (Å²) in [5, 5.41) is 9.30. The molecule has 0 spiro atoms. The fourth-order valence-corrected chi connectivity index (χ4v) is 2.96. The molecule has 1 fully saturated rings. The van der Waals surface area contributed by atoms with Gasteiger partial charge in [0.1, 0.15) is 0 Å². The van der Waals surface area contributed by atoms with E-state index in [2.05, 4.69) is 36.9 Å². The molecule has 0 bridgehead atoms. The van der Waals surface area contributed by atoms with E-state index in [4.69, 9.17) is 5.73 Å². The van der Waals surface area contributed by atoms with Crippen LogP contribution in [0.4, 0.5) is 0 Å². The molecule has 106 valence electrons. The molecule has 1 aromatic rings. The molecule has 0 radical (unpaired) electrons. The fourth-order valence-electron chi connectivity index (χ4n) is 2.96. The van der Waals surface area contributed by atoms with E-state index in [0.717, 1.165) is 19.5 Å². The number of nitrogens with zero attached hydrogens (tertiary/aromatic N) is 1. The van der Waals surface area contributed by atoms with E-state index in [1.54, 1.807) is 0 Å². The quantitative estimate of drug-likeness (QED) is 0.872. The summed E-state index contributed by atoms with van der Waals surface area (Å²) >= 11 is 0. The second kappa shape index (κ2) is 6.51. The molecule has 19 heavy (non-hydrogen) atoms. The zero-order chi connectivity index (χ0) is 13.8. The normalized spacial score (nSPS) is 22.4. The van der Waals surface area contributed by atoms with Crippen molar-refractivity contribution in [2.45, 2.75) is 51.7 Å². The van der Waals surface area contributed by atoms with E-state index in [9.17, 15) is 5.11 Å². The van der Waals surface area contributed by atoms with Crippen molar-refractivity contribution in [3.8, 4) is 0 Å². The van der Waals surface area contributed by atoms with Gasteiger partial charge in [0, 0.05) is 18.6 Å². The zero-order valence-electron chi connectivity index (χ0n) is 12.1. The Morgan fingerprint density at radius 1 is 1.32 bits per heavy atom. The fraction of sp³-hybridized carbons (Fsp3) is 0.625. The molecule has 0 saturated carbocycles. The lowest BCUT2D eigenvalue weighted by atomic mass is 9.95. The lowest BCUT2D eigenvalue weighted by Gasteiger charge is -2.38. The molecule has 1 saturated heterocycles. The maximum atomic E-state index is 9.30. The van der Waals surface area contributed by atoms with Gasteiger partial charge in [-0.25, -0.2) is 0 Å². The van der Waals surface area contributed by atoms with E-state index in [0.29, 0.717) is 6.04 Å². The minimum atomic E-state index is -0.119. The van der Waals surface area contributed by atoms with E-state index >= 15 is 0 Å². The molecular weight excluding hydrogens is 236 g/mol. The summed E-state index contributed by atoms with van der Waals surface area (Å²) in [7, 11) is 0. The van der Waals surface area contributed by atoms with Crippen LogP contribution in [0.3, 0.4) is 0 Å². The van der Waals surface area contributed by atoms with Crippen molar-refractivity contribution < 1.29 is 5.11 Å². The molecule has 0 aromatic heterocycles. The SMILES string of the molecule is Cc1ccc(CN2CCCCC2C(N)CO)cc1C. The van der Waals surface area contributed by atoms with Gasteiger partial charge >= 0.3 is 0 Å². The van der Waals surface area contributed by atoms with Crippen molar-refractivity contribution in [3.63, 3.8) is 0 Å². The van der Waals surface area contributed by atoms with Crippen molar-refractivity contribution in [3.05, 3.63) is 34.9 Å². The molecule has 2 unspecified atom stereocenters. The molecule has 2 atom stereocenters. The Kier molecular flexibility index (Phi) is 4.97. The maximum absolute atomic E-state index is 9.30. The summed E-state index contributed by atoms with van der Waals surface area (Å²) in [6.07, 6.45) is 3.56. The average molecular weight is 262 g/mol. The Morgan fingerprint density at radius 2 is 2.11 bits per heavy atom. The van der Waals surface area contributed by atoms with Crippen molar-refractivity contribution in [1.82, 2.24) is 4.90 Å². The van der Waals surface area contributed by atoms with Crippen LogP contribution in [0.25, 0.3) is 0 Å². The number of hydrogen-bond donors (Lipinski definition) is 2. The third-order valence-corrected chi connectivity index (χ3v) is 4.33. The van der Waals surface area contributed by atoms with Crippen LogP contribution >= 0.6 is 0 Å². The molecule has 1 heterocycles. The summed E-state index contributed by atoms with van der Waals surface area (Å²) in [5.74, 6) is 0. The average Bonchev–Trinajstić information content (AvgIpc) is 2.43. The first kappa shape index (κ1) is 14.5. The molecule has 1 aromatic carbocycles. The van der Waals surface area contributed by atoms with Crippen LogP contribution in [0.15, 0.2) is 18.2 Å². The lowest BCUT2D eigenvalue weighted by Crippen LogP contribution is -2.51. The largest absolute Gasteiger partial charge is 0.395 e. The number of benzene rings is 1. The van der Waals surface area contributed by atoms with Gasteiger partial charge in [0.05, 0.1) is 6.61 Å². The summed E-state index contributed by atoms with van der Waals surface area (Å²) in [5.41, 5.74) is 10.1. The monoisotopic (exact) mass is 262 g/mol. The Hall–Kier alpha value is -0.900. The van der Waals surface area contributed by atoms with Gasteiger partial charge in [-0.3, -0.25) is 4.90 Å². The maximum Gasteiger partial charge on any atom is 0.0597 e. The number of hydrogen-bond acceptors (Lipinski definition) is 3. The van der Waals surface area contributed by atoms with E-state index in [1.807, 2.05) is 0 Å². The van der Waals surface area contributed by atoms with Crippen molar-refractivity contribution in [2.75, 3.05) is 13.2 Å². The molecule has 1 aliphatic heterocycles. The summed E-state index contributed by atoms with van der Waals surface area (Å²) in [6, 6.07) is 6.87. The van der Waals surface area contributed by atoms with Crippen LogP contribution in [0, 0.1) is 13.8 Å². The number of rotatable bonds is 4. The summed E-state index contributed by atoms with van der Waals surface area (Å²) in [4.78, 5) is 2.44. The van der Waals surface area contributed by atoms with Crippen LogP contribution in [-0.4, -0.2) is 35.2 Å². The second-order valence-corrected chi connectivity index (χ2v) is 5.80. The lowest BCUT2D eigenvalue weighted by molar-refractivity contribution is 0.0943. The smallest absolute Gasteiger partial charge is 0.0597 e. The van der Waals surface area contributed by atoms with Crippen molar-refractivity contribution in [2.24, 2.45) is 5.73 Å². The van der Waals surface area contributed by atoms with E-state index in [-0.39, 0.29) is 12.6 Å². The molecule has 3 N–H and O–H groups in total.